The number of pyridine rings is 1. The lowest BCUT2D eigenvalue weighted by Crippen LogP contribution is -2.16. The van der Waals surface area contributed by atoms with Crippen molar-refractivity contribution in [1.29, 1.82) is 0 Å². The molecule has 2 aromatic carbocycles. The molecule has 0 aliphatic heterocycles. The minimum Gasteiger partial charge on any atom is -0.380 e. The highest BCUT2D eigenvalue weighted by molar-refractivity contribution is 6.31. The fourth-order valence-electron chi connectivity index (χ4n) is 2.41. The molecule has 0 saturated carbocycles. The van der Waals surface area contributed by atoms with Crippen molar-refractivity contribution in [3.8, 4) is 0 Å². The normalized spacial score (nSPS) is 10.4. The van der Waals surface area contributed by atoms with Gasteiger partial charge in [0.2, 0.25) is 5.91 Å². The van der Waals surface area contributed by atoms with Crippen molar-refractivity contribution in [2.75, 3.05) is 10.6 Å². The third-order valence-corrected chi connectivity index (χ3v) is 4.15. The smallest absolute Gasteiger partial charge is 0.230 e. The maximum Gasteiger partial charge on any atom is 0.230 e. The molecule has 0 unspecified atom stereocenters. The quantitative estimate of drug-likeness (QED) is 0.664. The largest absolute Gasteiger partial charge is 0.380 e. The molecule has 1 heterocycles. The van der Waals surface area contributed by atoms with Gasteiger partial charge in [-0.25, -0.2) is 9.37 Å². The number of hydrogen-bond acceptors (Lipinski definition) is 3. The van der Waals surface area contributed by atoms with Gasteiger partial charge in [-0.05, 0) is 35.4 Å². The zero-order valence-corrected chi connectivity index (χ0v) is 14.6. The van der Waals surface area contributed by atoms with Crippen molar-refractivity contribution in [1.82, 2.24) is 4.98 Å². The van der Waals surface area contributed by atoms with E-state index in [2.05, 4.69) is 15.6 Å². The van der Waals surface area contributed by atoms with Crippen molar-refractivity contribution in [3.63, 3.8) is 0 Å². The van der Waals surface area contributed by atoms with Crippen LogP contribution in [0.2, 0.25) is 5.02 Å². The van der Waals surface area contributed by atoms with Gasteiger partial charge in [-0.1, -0.05) is 48.0 Å². The van der Waals surface area contributed by atoms with Gasteiger partial charge in [0.25, 0.3) is 0 Å². The number of halogens is 2. The summed E-state index contributed by atoms with van der Waals surface area (Å²) in [6.07, 6.45) is 1.58. The number of aromatic nitrogens is 1. The van der Waals surface area contributed by atoms with E-state index in [4.69, 9.17) is 11.6 Å². The molecular formula is C20H17ClFN3O. The Kier molecular flexibility index (Phi) is 5.81. The fourth-order valence-corrected chi connectivity index (χ4v) is 2.62. The highest BCUT2D eigenvalue weighted by atomic mass is 35.5. The third kappa shape index (κ3) is 4.80. The first-order chi connectivity index (χ1) is 12.6. The van der Waals surface area contributed by atoms with Crippen molar-refractivity contribution in [3.05, 3.63) is 88.8 Å². The Bertz CT molecular complexity index is 900. The van der Waals surface area contributed by atoms with Crippen molar-refractivity contribution in [2.24, 2.45) is 0 Å². The standard InChI is InChI=1S/C20H17ClFN3O/c21-17-7-3-1-6-15(17)12-23-16-9-10-19(24-13-16)25-20(26)11-14-5-2-4-8-18(14)22/h1-10,13,23H,11-12H2,(H,24,25,26). The van der Waals surface area contributed by atoms with Gasteiger partial charge in [-0.3, -0.25) is 4.79 Å². The molecule has 0 bridgehead atoms. The Morgan fingerprint density at radius 2 is 1.73 bits per heavy atom. The van der Waals surface area contributed by atoms with E-state index in [9.17, 15) is 9.18 Å². The van der Waals surface area contributed by atoms with Gasteiger partial charge in [-0.15, -0.1) is 0 Å². The average Bonchev–Trinajstić information content (AvgIpc) is 2.64. The van der Waals surface area contributed by atoms with Gasteiger partial charge in [0, 0.05) is 11.6 Å². The number of nitrogens with zero attached hydrogens (tertiary/aromatic N) is 1. The van der Waals surface area contributed by atoms with Crippen molar-refractivity contribution < 1.29 is 9.18 Å². The summed E-state index contributed by atoms with van der Waals surface area (Å²) >= 11 is 6.12. The van der Waals surface area contributed by atoms with Crippen LogP contribution in [0.5, 0.6) is 0 Å². The van der Waals surface area contributed by atoms with E-state index in [0.29, 0.717) is 22.9 Å². The fraction of sp³-hybridized carbons (Fsp3) is 0.100. The lowest BCUT2D eigenvalue weighted by Gasteiger charge is -2.09. The Labute approximate surface area is 156 Å². The molecule has 2 N–H and O–H groups in total. The van der Waals surface area contributed by atoms with Gasteiger partial charge in [0.05, 0.1) is 18.3 Å². The second-order valence-electron chi connectivity index (χ2n) is 5.69. The van der Waals surface area contributed by atoms with Crippen LogP contribution >= 0.6 is 11.6 Å². The number of nitrogens with one attached hydrogen (secondary N) is 2. The van der Waals surface area contributed by atoms with Crippen LogP contribution in [-0.4, -0.2) is 10.9 Å². The predicted octanol–water partition coefficient (Wildman–Crippen LogP) is 4.67. The lowest BCUT2D eigenvalue weighted by atomic mass is 10.1. The van der Waals surface area contributed by atoms with Crippen LogP contribution in [0, 0.1) is 5.82 Å². The summed E-state index contributed by atoms with van der Waals surface area (Å²) in [6, 6.07) is 17.3. The molecule has 132 valence electrons. The monoisotopic (exact) mass is 369 g/mol. The zero-order valence-electron chi connectivity index (χ0n) is 13.9. The van der Waals surface area contributed by atoms with E-state index in [-0.39, 0.29) is 12.3 Å². The second-order valence-corrected chi connectivity index (χ2v) is 6.10. The Morgan fingerprint density at radius 1 is 1.00 bits per heavy atom. The second kappa shape index (κ2) is 8.45. The number of rotatable bonds is 6. The molecular weight excluding hydrogens is 353 g/mol. The van der Waals surface area contributed by atoms with Gasteiger partial charge < -0.3 is 10.6 Å². The van der Waals surface area contributed by atoms with E-state index in [1.54, 1.807) is 30.5 Å². The van der Waals surface area contributed by atoms with Crippen LogP contribution < -0.4 is 10.6 Å². The number of anilines is 2. The molecule has 0 saturated heterocycles. The van der Waals surface area contributed by atoms with Crippen LogP contribution in [0.15, 0.2) is 66.9 Å². The summed E-state index contributed by atoms with van der Waals surface area (Å²) in [5, 5.41) is 6.58. The molecule has 3 aromatic rings. The molecule has 0 atom stereocenters. The maximum atomic E-state index is 13.6. The summed E-state index contributed by atoms with van der Waals surface area (Å²) in [5.41, 5.74) is 2.14. The minimum absolute atomic E-state index is 0.0408. The van der Waals surface area contributed by atoms with Gasteiger partial charge in [0.1, 0.15) is 11.6 Å². The van der Waals surface area contributed by atoms with Crippen LogP contribution in [0.1, 0.15) is 11.1 Å². The molecule has 0 fully saturated rings. The highest BCUT2D eigenvalue weighted by Gasteiger charge is 2.08. The van der Waals surface area contributed by atoms with Crippen molar-refractivity contribution in [2.45, 2.75) is 13.0 Å². The summed E-state index contributed by atoms with van der Waals surface area (Å²) in [5.74, 6) is -0.302. The zero-order chi connectivity index (χ0) is 18.4. The molecule has 0 aliphatic rings. The van der Waals surface area contributed by atoms with Crippen LogP contribution in [0.3, 0.4) is 0 Å². The molecule has 0 aliphatic carbocycles. The Morgan fingerprint density at radius 3 is 2.42 bits per heavy atom. The Hall–Kier alpha value is -2.92. The van der Waals surface area contributed by atoms with E-state index in [1.165, 1.54) is 6.07 Å². The first kappa shape index (κ1) is 17.9. The van der Waals surface area contributed by atoms with E-state index in [0.717, 1.165) is 11.3 Å². The van der Waals surface area contributed by atoms with Gasteiger partial charge in [-0.2, -0.15) is 0 Å². The topological polar surface area (TPSA) is 54.0 Å². The van der Waals surface area contributed by atoms with Crippen LogP contribution in [-0.2, 0) is 17.8 Å². The molecule has 26 heavy (non-hydrogen) atoms. The lowest BCUT2D eigenvalue weighted by molar-refractivity contribution is -0.115. The molecule has 4 nitrogen and oxygen atoms in total. The van der Waals surface area contributed by atoms with Crippen molar-refractivity contribution >= 4 is 29.0 Å². The first-order valence-corrected chi connectivity index (χ1v) is 8.46. The van der Waals surface area contributed by atoms with Gasteiger partial charge in [0.15, 0.2) is 0 Å². The summed E-state index contributed by atoms with van der Waals surface area (Å²) in [6.45, 7) is 0.570. The van der Waals surface area contributed by atoms with E-state index in [1.807, 2.05) is 30.3 Å². The number of carbonyl (C=O) groups is 1. The van der Waals surface area contributed by atoms with E-state index < -0.39 is 5.82 Å². The summed E-state index contributed by atoms with van der Waals surface area (Å²) < 4.78 is 13.6. The highest BCUT2D eigenvalue weighted by Crippen LogP contribution is 2.17. The number of benzene rings is 2. The molecule has 0 spiro atoms. The average molecular weight is 370 g/mol. The Balaban J connectivity index is 1.55. The third-order valence-electron chi connectivity index (χ3n) is 3.78. The summed E-state index contributed by atoms with van der Waals surface area (Å²) in [4.78, 5) is 16.2. The predicted molar refractivity (Wildman–Crippen MR) is 102 cm³/mol. The first-order valence-electron chi connectivity index (χ1n) is 8.08. The molecule has 1 amide bonds. The van der Waals surface area contributed by atoms with Crippen LogP contribution in [0.4, 0.5) is 15.9 Å². The van der Waals surface area contributed by atoms with Gasteiger partial charge >= 0.3 is 0 Å². The number of amides is 1. The molecule has 6 heteroatoms. The maximum absolute atomic E-state index is 13.6. The molecule has 3 rings (SSSR count). The minimum atomic E-state index is -0.394. The van der Waals surface area contributed by atoms with E-state index >= 15 is 0 Å². The SMILES string of the molecule is O=C(Cc1ccccc1F)Nc1ccc(NCc2ccccc2Cl)cn1. The number of hydrogen-bond donors (Lipinski definition) is 2. The molecule has 0 radical (unpaired) electrons. The molecule has 1 aromatic heterocycles. The van der Waals surface area contributed by atoms with Crippen LogP contribution in [0.25, 0.3) is 0 Å². The summed E-state index contributed by atoms with van der Waals surface area (Å²) in [7, 11) is 0. The number of carbonyl (C=O) groups excluding carboxylic acids is 1.